The first kappa shape index (κ1) is 18.0. The minimum Gasteiger partial charge on any atom is -0.380 e. The zero-order valence-corrected chi connectivity index (χ0v) is 16.0. The molecular formula is C22H32N2O2. The zero-order valence-electron chi connectivity index (χ0n) is 16.0. The Hall–Kier alpha value is -1.39. The van der Waals surface area contributed by atoms with Crippen LogP contribution in [0.15, 0.2) is 30.3 Å². The molecule has 4 nitrogen and oxygen atoms in total. The molecule has 0 radical (unpaired) electrons. The quantitative estimate of drug-likeness (QED) is 0.781. The first-order valence-electron chi connectivity index (χ1n) is 10.4. The summed E-state index contributed by atoms with van der Waals surface area (Å²) in [7, 11) is 0. The van der Waals surface area contributed by atoms with Gasteiger partial charge in [-0.1, -0.05) is 18.2 Å². The second-order valence-corrected chi connectivity index (χ2v) is 8.33. The Balaban J connectivity index is 1.41. The number of ether oxygens (including phenoxy) is 1. The van der Waals surface area contributed by atoms with Crippen LogP contribution >= 0.6 is 0 Å². The van der Waals surface area contributed by atoms with E-state index in [-0.39, 0.29) is 5.91 Å². The van der Waals surface area contributed by atoms with E-state index in [0.29, 0.717) is 11.6 Å². The molecule has 1 aliphatic carbocycles. The number of benzene rings is 1. The smallest absolute Gasteiger partial charge is 0.253 e. The summed E-state index contributed by atoms with van der Waals surface area (Å²) >= 11 is 0. The van der Waals surface area contributed by atoms with Crippen LogP contribution in [0.4, 0.5) is 0 Å². The van der Waals surface area contributed by atoms with Crippen LogP contribution in [0.3, 0.4) is 0 Å². The van der Waals surface area contributed by atoms with Crippen molar-refractivity contribution in [3.8, 4) is 0 Å². The van der Waals surface area contributed by atoms with Gasteiger partial charge in [-0.05, 0) is 63.5 Å². The first-order chi connectivity index (χ1) is 12.7. The minimum atomic E-state index is 0.193. The minimum absolute atomic E-state index is 0.193. The normalized spacial score (nSPS) is 25.7. The molecule has 1 aromatic rings. The molecule has 4 heteroatoms. The highest BCUT2D eigenvalue weighted by Crippen LogP contribution is 2.44. The highest BCUT2D eigenvalue weighted by atomic mass is 16.5. The molecule has 1 saturated carbocycles. The molecule has 2 heterocycles. The molecule has 2 aliphatic heterocycles. The van der Waals surface area contributed by atoms with E-state index in [1.165, 1.54) is 32.2 Å². The lowest BCUT2D eigenvalue weighted by Crippen LogP contribution is -2.56. The third-order valence-corrected chi connectivity index (χ3v) is 6.66. The van der Waals surface area contributed by atoms with Crippen molar-refractivity contribution in [1.82, 2.24) is 9.80 Å². The predicted molar refractivity (Wildman–Crippen MR) is 103 cm³/mol. The van der Waals surface area contributed by atoms with Gasteiger partial charge in [-0.15, -0.1) is 0 Å². The molecule has 4 rings (SSSR count). The van der Waals surface area contributed by atoms with Crippen molar-refractivity contribution in [2.45, 2.75) is 57.0 Å². The molecule has 0 N–H and O–H groups in total. The monoisotopic (exact) mass is 356 g/mol. The predicted octanol–water partition coefficient (Wildman–Crippen LogP) is 3.57. The number of nitrogens with zero attached hydrogens (tertiary/aromatic N) is 2. The molecule has 3 fully saturated rings. The second-order valence-electron chi connectivity index (χ2n) is 8.33. The summed E-state index contributed by atoms with van der Waals surface area (Å²) < 4.78 is 5.79. The van der Waals surface area contributed by atoms with Gasteiger partial charge in [-0.2, -0.15) is 0 Å². The number of likely N-dealkylation sites (tertiary alicyclic amines) is 2. The average Bonchev–Trinajstić information content (AvgIpc) is 3.46. The molecule has 1 unspecified atom stereocenters. The number of amides is 1. The molecule has 0 bridgehead atoms. The van der Waals surface area contributed by atoms with Gasteiger partial charge in [-0.3, -0.25) is 9.69 Å². The van der Waals surface area contributed by atoms with Gasteiger partial charge in [0.2, 0.25) is 0 Å². The molecule has 26 heavy (non-hydrogen) atoms. The lowest BCUT2D eigenvalue weighted by atomic mass is 9.84. The summed E-state index contributed by atoms with van der Waals surface area (Å²) in [4.78, 5) is 17.6. The van der Waals surface area contributed by atoms with E-state index in [1.807, 2.05) is 30.3 Å². The van der Waals surface area contributed by atoms with Crippen LogP contribution in [-0.4, -0.2) is 60.1 Å². The summed E-state index contributed by atoms with van der Waals surface area (Å²) in [5.74, 6) is 1.09. The van der Waals surface area contributed by atoms with Crippen molar-refractivity contribution in [1.29, 1.82) is 0 Å². The Kier molecular flexibility index (Phi) is 5.32. The van der Waals surface area contributed by atoms with E-state index in [2.05, 4.69) is 16.7 Å². The highest BCUT2D eigenvalue weighted by Gasteiger charge is 2.49. The standard InChI is InChI=1S/C22H32N2O2/c1-2-26-17-20-10-11-22(24(20)16-18-8-9-18)12-14-23(15-13-22)21(25)19-6-4-3-5-7-19/h3-7,18,20H,2,8-17H2,1H3. The van der Waals surface area contributed by atoms with E-state index in [0.717, 1.165) is 50.6 Å². The number of hydrogen-bond acceptors (Lipinski definition) is 3. The summed E-state index contributed by atoms with van der Waals surface area (Å²) in [6, 6.07) is 10.3. The van der Waals surface area contributed by atoms with E-state index in [9.17, 15) is 4.79 Å². The van der Waals surface area contributed by atoms with Crippen LogP contribution in [0.2, 0.25) is 0 Å². The number of hydrogen-bond donors (Lipinski definition) is 0. The number of rotatable bonds is 6. The lowest BCUT2D eigenvalue weighted by Gasteiger charge is -2.47. The van der Waals surface area contributed by atoms with E-state index < -0.39 is 0 Å². The van der Waals surface area contributed by atoms with Gasteiger partial charge in [0.05, 0.1) is 6.61 Å². The van der Waals surface area contributed by atoms with Gasteiger partial charge < -0.3 is 9.64 Å². The Morgan fingerprint density at radius 2 is 1.85 bits per heavy atom. The maximum absolute atomic E-state index is 12.8. The highest BCUT2D eigenvalue weighted by molar-refractivity contribution is 5.94. The third-order valence-electron chi connectivity index (χ3n) is 6.66. The van der Waals surface area contributed by atoms with Crippen molar-refractivity contribution < 1.29 is 9.53 Å². The molecular weight excluding hydrogens is 324 g/mol. The topological polar surface area (TPSA) is 32.8 Å². The van der Waals surface area contributed by atoms with Crippen LogP contribution in [0.1, 0.15) is 55.8 Å². The van der Waals surface area contributed by atoms with Gasteiger partial charge in [0, 0.05) is 43.4 Å². The Bertz CT molecular complexity index is 606. The Morgan fingerprint density at radius 1 is 1.12 bits per heavy atom. The SMILES string of the molecule is CCOCC1CCC2(CCN(C(=O)c3ccccc3)CC2)N1CC1CC1. The second kappa shape index (κ2) is 7.69. The average molecular weight is 357 g/mol. The molecule has 1 atom stereocenters. The zero-order chi connectivity index (χ0) is 18.0. The number of carbonyl (C=O) groups excluding carboxylic acids is 1. The van der Waals surface area contributed by atoms with Crippen molar-refractivity contribution >= 4 is 5.91 Å². The Morgan fingerprint density at radius 3 is 2.50 bits per heavy atom. The van der Waals surface area contributed by atoms with Crippen LogP contribution < -0.4 is 0 Å². The molecule has 1 amide bonds. The molecule has 0 aromatic heterocycles. The summed E-state index contributed by atoms with van der Waals surface area (Å²) in [6.07, 6.45) is 7.53. The number of carbonyl (C=O) groups is 1. The maximum Gasteiger partial charge on any atom is 0.253 e. The molecule has 3 aliphatic rings. The Labute approximate surface area is 157 Å². The van der Waals surface area contributed by atoms with Gasteiger partial charge in [0.25, 0.3) is 5.91 Å². The van der Waals surface area contributed by atoms with Crippen LogP contribution in [0.5, 0.6) is 0 Å². The van der Waals surface area contributed by atoms with Crippen LogP contribution in [0.25, 0.3) is 0 Å². The maximum atomic E-state index is 12.8. The fraction of sp³-hybridized carbons (Fsp3) is 0.682. The molecule has 142 valence electrons. The van der Waals surface area contributed by atoms with Crippen molar-refractivity contribution in [3.63, 3.8) is 0 Å². The fourth-order valence-corrected chi connectivity index (χ4v) is 4.90. The van der Waals surface area contributed by atoms with Crippen molar-refractivity contribution in [2.24, 2.45) is 5.92 Å². The fourth-order valence-electron chi connectivity index (χ4n) is 4.90. The number of piperidine rings is 1. The van der Waals surface area contributed by atoms with Crippen LogP contribution in [0, 0.1) is 5.92 Å². The van der Waals surface area contributed by atoms with E-state index >= 15 is 0 Å². The molecule has 1 spiro atoms. The summed E-state index contributed by atoms with van der Waals surface area (Å²) in [5, 5.41) is 0. The van der Waals surface area contributed by atoms with Gasteiger partial charge in [0.1, 0.15) is 0 Å². The first-order valence-corrected chi connectivity index (χ1v) is 10.4. The molecule has 1 aromatic carbocycles. The lowest BCUT2D eigenvalue weighted by molar-refractivity contribution is 0.00310. The third kappa shape index (κ3) is 3.67. The van der Waals surface area contributed by atoms with Gasteiger partial charge in [0.15, 0.2) is 0 Å². The van der Waals surface area contributed by atoms with E-state index in [1.54, 1.807) is 0 Å². The van der Waals surface area contributed by atoms with E-state index in [4.69, 9.17) is 4.74 Å². The largest absolute Gasteiger partial charge is 0.380 e. The van der Waals surface area contributed by atoms with Gasteiger partial charge >= 0.3 is 0 Å². The summed E-state index contributed by atoms with van der Waals surface area (Å²) in [5.41, 5.74) is 1.12. The molecule has 2 saturated heterocycles. The van der Waals surface area contributed by atoms with Gasteiger partial charge in [-0.25, -0.2) is 0 Å². The summed E-state index contributed by atoms with van der Waals surface area (Å²) in [6.45, 7) is 6.78. The van der Waals surface area contributed by atoms with Crippen molar-refractivity contribution in [3.05, 3.63) is 35.9 Å². The van der Waals surface area contributed by atoms with Crippen LogP contribution in [-0.2, 0) is 4.74 Å². The van der Waals surface area contributed by atoms with Crippen molar-refractivity contribution in [2.75, 3.05) is 32.8 Å².